The van der Waals surface area contributed by atoms with Gasteiger partial charge in [-0.1, -0.05) is 30.8 Å². The first kappa shape index (κ1) is 44.1. The summed E-state index contributed by atoms with van der Waals surface area (Å²) in [6.45, 7) is 6.08. The minimum Gasteiger partial charge on any atom is -0.445 e. The molecule has 0 aromatic heterocycles. The van der Waals surface area contributed by atoms with Crippen molar-refractivity contribution in [3.63, 3.8) is 0 Å². The van der Waals surface area contributed by atoms with Crippen LogP contribution in [-0.4, -0.2) is 68.0 Å². The minimum absolute atomic E-state index is 0.163. The number of hydrogen-bond acceptors (Lipinski definition) is 11. The van der Waals surface area contributed by atoms with Crippen molar-refractivity contribution in [2.75, 3.05) is 35.4 Å². The van der Waals surface area contributed by atoms with E-state index < -0.39 is 39.0 Å². The van der Waals surface area contributed by atoms with Gasteiger partial charge in [0.1, 0.15) is 11.5 Å². The predicted octanol–water partition coefficient (Wildman–Crippen LogP) is 9.70. The van der Waals surface area contributed by atoms with Crippen LogP contribution in [0.5, 0.6) is 17.2 Å². The van der Waals surface area contributed by atoms with Crippen LogP contribution in [-0.2, 0) is 55.2 Å². The van der Waals surface area contributed by atoms with Gasteiger partial charge in [0, 0.05) is 48.0 Å². The molecule has 0 heterocycles. The van der Waals surface area contributed by atoms with Gasteiger partial charge in [-0.15, -0.1) is 20.1 Å². The number of nitrogens with zero attached hydrogens (tertiary/aromatic N) is 4. The van der Waals surface area contributed by atoms with Crippen LogP contribution in [0.1, 0.15) is 57.2 Å². The number of benzene rings is 3. The second-order valence-electron chi connectivity index (χ2n) is 11.8. The summed E-state index contributed by atoms with van der Waals surface area (Å²) in [5, 5.41) is 11.2. The summed E-state index contributed by atoms with van der Waals surface area (Å²) in [6, 6.07) is 22.6. The third-order valence-corrected chi connectivity index (χ3v) is 18.9. The first-order valence-corrected chi connectivity index (χ1v) is 24.9. The van der Waals surface area contributed by atoms with Crippen LogP contribution in [0, 0.1) is 0 Å². The number of rotatable bonds is 21. The van der Waals surface area contributed by atoms with Gasteiger partial charge in [0.2, 0.25) is 11.8 Å². The molecule has 0 spiro atoms. The van der Waals surface area contributed by atoms with Crippen molar-refractivity contribution >= 4 is 76.2 Å². The molecule has 0 bridgehead atoms. The van der Waals surface area contributed by atoms with Crippen LogP contribution in [0.4, 0.5) is 0 Å². The molecule has 18 heteroatoms. The molecule has 52 heavy (non-hydrogen) atoms. The summed E-state index contributed by atoms with van der Waals surface area (Å²) >= 11 is 17.2. The molecule has 0 aliphatic heterocycles. The van der Waals surface area contributed by atoms with Gasteiger partial charge in [-0.05, 0) is 77.4 Å². The highest BCUT2D eigenvalue weighted by Gasteiger charge is 2.45. The van der Waals surface area contributed by atoms with E-state index in [-0.39, 0.29) is 6.16 Å². The summed E-state index contributed by atoms with van der Waals surface area (Å²) < 4.78 is 44.5. The summed E-state index contributed by atoms with van der Waals surface area (Å²) in [4.78, 5) is 0. The first-order chi connectivity index (χ1) is 24.6. The number of hydrogen-bond donors (Lipinski definition) is 1. The van der Waals surface area contributed by atoms with Crippen LogP contribution in [0.2, 0.25) is 0 Å². The average molecular weight is 843 g/mol. The van der Waals surface area contributed by atoms with Gasteiger partial charge in [-0.25, -0.2) is 0 Å². The quantitative estimate of drug-likeness (QED) is 0.0627. The molecule has 280 valence electrons. The van der Waals surface area contributed by atoms with Crippen molar-refractivity contribution in [3.8, 4) is 17.2 Å². The average Bonchev–Trinajstić information content (AvgIpc) is 3.16. The van der Waals surface area contributed by atoms with Crippen molar-refractivity contribution in [1.29, 1.82) is 0 Å². The molecule has 11 nitrogen and oxygen atoms in total. The molecule has 3 rings (SSSR count). The summed E-state index contributed by atoms with van der Waals surface area (Å²) in [5.41, 5.74) is 2.59. The molecule has 3 aromatic rings. The Balaban J connectivity index is 1.56. The Bertz CT molecular complexity index is 1780. The lowest BCUT2D eigenvalue weighted by molar-refractivity contribution is 0.171. The normalized spacial score (nSPS) is 15.1. The fraction of sp³-hybridized carbons (Fsp3) is 0.412. The van der Waals surface area contributed by atoms with Crippen LogP contribution in [0.15, 0.2) is 83.0 Å². The van der Waals surface area contributed by atoms with Crippen LogP contribution < -0.4 is 19.1 Å². The second-order valence-corrected chi connectivity index (χ2v) is 22.4. The topological polar surface area (TPSA) is 106 Å². The smallest absolute Gasteiger partial charge is 0.445 e. The Hall–Kier alpha value is -2.33. The predicted molar refractivity (Wildman–Crippen MR) is 227 cm³/mol. The zero-order valence-electron chi connectivity index (χ0n) is 31.0. The van der Waals surface area contributed by atoms with Crippen LogP contribution in [0.3, 0.4) is 0 Å². The molecule has 0 amide bonds. The maximum Gasteiger partial charge on any atom is 0.540 e. The van der Waals surface area contributed by atoms with E-state index in [0.29, 0.717) is 17.9 Å². The lowest BCUT2D eigenvalue weighted by atomic mass is 10.2. The SMILES string of the molecule is CCC(C)(Oc1ccc(/C=N/N(C)[P+](=S)[C@@](C)(CC)Oc2ccc(/C=N/N(C)[P+](=S)Oc3ccc(CP(=O)(OC)OC)cc3)cc2)cc1)[P+](=S)NC. The largest absolute Gasteiger partial charge is 0.540 e. The minimum atomic E-state index is -3.15. The molecule has 0 radical (unpaired) electrons. The first-order valence-electron chi connectivity index (χ1n) is 16.3. The Morgan fingerprint density at radius 2 is 1.19 bits per heavy atom. The summed E-state index contributed by atoms with van der Waals surface area (Å²) in [6.07, 6.45) is 5.17. The van der Waals surface area contributed by atoms with E-state index in [1.165, 1.54) is 14.2 Å². The lowest BCUT2D eigenvalue weighted by Gasteiger charge is -2.23. The lowest BCUT2D eigenvalue weighted by Crippen LogP contribution is -2.30. The number of nitrogens with one attached hydrogen (secondary N) is 1. The van der Waals surface area contributed by atoms with E-state index in [0.717, 1.165) is 28.9 Å². The molecular formula is C34H48N5O6P4S3+3. The van der Waals surface area contributed by atoms with Crippen LogP contribution >= 0.6 is 28.4 Å². The molecule has 0 aliphatic rings. The third-order valence-electron chi connectivity index (χ3n) is 8.07. The van der Waals surface area contributed by atoms with Crippen molar-refractivity contribution in [2.45, 2.75) is 57.4 Å². The molecule has 0 saturated heterocycles. The molecule has 4 unspecified atom stereocenters. The van der Waals surface area contributed by atoms with Gasteiger partial charge in [-0.3, -0.25) is 9.09 Å². The van der Waals surface area contributed by atoms with Crippen molar-refractivity contribution in [3.05, 3.63) is 89.5 Å². The molecule has 3 aromatic carbocycles. The highest BCUT2D eigenvalue weighted by Crippen LogP contribution is 2.50. The highest BCUT2D eigenvalue weighted by atomic mass is 32.4. The summed E-state index contributed by atoms with van der Waals surface area (Å²) in [5.74, 6) is 2.05. The molecule has 1 N–H and O–H groups in total. The van der Waals surface area contributed by atoms with Crippen LogP contribution in [0.25, 0.3) is 0 Å². The molecule has 0 saturated carbocycles. The maximum absolute atomic E-state index is 12.4. The van der Waals surface area contributed by atoms with Gasteiger partial charge in [-0.2, -0.15) is 0 Å². The fourth-order valence-corrected chi connectivity index (χ4v) is 9.71. The van der Waals surface area contributed by atoms with E-state index in [2.05, 4.69) is 29.1 Å². The van der Waals surface area contributed by atoms with E-state index in [1.807, 2.05) is 81.3 Å². The van der Waals surface area contributed by atoms with Crippen molar-refractivity contribution < 1.29 is 27.6 Å². The molecule has 5 atom stereocenters. The molecule has 0 fully saturated rings. The van der Waals surface area contributed by atoms with E-state index in [4.69, 9.17) is 58.5 Å². The van der Waals surface area contributed by atoms with E-state index >= 15 is 0 Å². The van der Waals surface area contributed by atoms with E-state index in [1.54, 1.807) is 48.5 Å². The van der Waals surface area contributed by atoms with Gasteiger partial charge < -0.3 is 18.5 Å². The van der Waals surface area contributed by atoms with Crippen molar-refractivity contribution in [2.24, 2.45) is 10.2 Å². The van der Waals surface area contributed by atoms with E-state index in [9.17, 15) is 4.57 Å². The fourth-order valence-electron chi connectivity index (χ4n) is 4.42. The molecular weight excluding hydrogens is 794 g/mol. The second kappa shape index (κ2) is 20.4. The van der Waals surface area contributed by atoms with Gasteiger partial charge >= 0.3 is 28.4 Å². The highest BCUT2D eigenvalue weighted by molar-refractivity contribution is 8.05. The Labute approximate surface area is 326 Å². The Morgan fingerprint density at radius 1 is 0.750 bits per heavy atom. The standard InChI is InChI=1S/C34H48N5O6P4S3/c1-10-33(3,46(50)35-5)43-30-18-12-27(13-19-30)24-36-38(6)47(51)34(4,11-2)44-31-20-14-28(15-21-31)25-37-39(7)48(52)45-32-22-16-29(17-23-32)26-49(40,41-8)42-9/h12-25H,10-11,26H2,1-9H3,(H,35,50)/q+3/b36-24+,37-25+/t33?,34-/m0/s1. The number of hydrazone groups is 2. The van der Waals surface area contributed by atoms with Crippen molar-refractivity contribution in [1.82, 2.24) is 14.6 Å². The zero-order chi connectivity index (χ0) is 38.5. The van der Waals surface area contributed by atoms with Gasteiger partial charge in [0.05, 0.1) is 32.7 Å². The number of ether oxygens (including phenoxy) is 2. The monoisotopic (exact) mass is 842 g/mol. The maximum atomic E-state index is 12.4. The Kier molecular flexibility index (Phi) is 17.3. The van der Waals surface area contributed by atoms with Gasteiger partial charge in [0.25, 0.3) is 10.7 Å². The van der Waals surface area contributed by atoms with Gasteiger partial charge in [0.15, 0.2) is 29.4 Å². The summed E-state index contributed by atoms with van der Waals surface area (Å²) in [7, 11) is 3.63. The third kappa shape index (κ3) is 12.6. The zero-order valence-corrected chi connectivity index (χ0v) is 37.0. The Morgan fingerprint density at radius 3 is 1.63 bits per heavy atom. The molecule has 0 aliphatic carbocycles.